The molecule has 1 aromatic carbocycles. The topological polar surface area (TPSA) is 96.5 Å². The molecular formula is C16H16FN3O4. The van der Waals surface area contributed by atoms with E-state index in [1.54, 1.807) is 6.07 Å². The van der Waals surface area contributed by atoms with Gasteiger partial charge in [0, 0.05) is 18.7 Å². The monoisotopic (exact) mass is 333 g/mol. The number of nitrogens with zero attached hydrogens (tertiary/aromatic N) is 3. The number of benzene rings is 1. The molecule has 3 rings (SSSR count). The maximum absolute atomic E-state index is 13.3. The highest BCUT2D eigenvalue weighted by molar-refractivity contribution is 5.91. The lowest BCUT2D eigenvalue weighted by Gasteiger charge is -2.33. The summed E-state index contributed by atoms with van der Waals surface area (Å²) in [6, 6.07) is 5.60. The predicted octanol–water partition coefficient (Wildman–Crippen LogP) is 2.06. The number of aromatic nitrogens is 2. The summed E-state index contributed by atoms with van der Waals surface area (Å²) in [6.45, 7) is 2.44. The number of carbonyl (C=O) groups excluding carboxylic acids is 1. The summed E-state index contributed by atoms with van der Waals surface area (Å²) in [5.41, 5.74) is 0.372. The summed E-state index contributed by atoms with van der Waals surface area (Å²) in [4.78, 5) is 29.1. The maximum atomic E-state index is 13.3. The molecular weight excluding hydrogens is 317 g/mol. The highest BCUT2D eigenvalue weighted by Gasteiger charge is 2.33. The fraction of sp³-hybridized carbons (Fsp3) is 0.375. The molecule has 0 saturated carbocycles. The van der Waals surface area contributed by atoms with Crippen molar-refractivity contribution in [3.63, 3.8) is 0 Å². The Bertz CT molecular complexity index is 776. The minimum atomic E-state index is -0.923. The fourth-order valence-corrected chi connectivity index (χ4v) is 2.89. The number of piperidine rings is 1. The number of aliphatic carboxylic acids is 1. The zero-order valence-electron chi connectivity index (χ0n) is 13.0. The van der Waals surface area contributed by atoms with Crippen LogP contribution >= 0.6 is 0 Å². The van der Waals surface area contributed by atoms with E-state index in [9.17, 15) is 19.1 Å². The molecule has 8 heteroatoms. The molecule has 126 valence electrons. The first-order chi connectivity index (χ1) is 11.4. The van der Waals surface area contributed by atoms with Crippen molar-refractivity contribution < 1.29 is 23.6 Å². The van der Waals surface area contributed by atoms with E-state index in [0.717, 1.165) is 0 Å². The first kappa shape index (κ1) is 16.1. The van der Waals surface area contributed by atoms with Crippen LogP contribution in [-0.4, -0.2) is 45.1 Å². The second kappa shape index (κ2) is 6.38. The number of likely N-dealkylation sites (tertiary alicyclic amines) is 1. The summed E-state index contributed by atoms with van der Waals surface area (Å²) < 4.78 is 18.3. The number of hydrogen-bond acceptors (Lipinski definition) is 5. The molecule has 2 atom stereocenters. The Morgan fingerprint density at radius 1 is 1.38 bits per heavy atom. The number of carboxylic acid groups (broad SMARTS) is 1. The van der Waals surface area contributed by atoms with Crippen molar-refractivity contribution in [2.75, 3.05) is 13.1 Å². The Morgan fingerprint density at radius 2 is 2.17 bits per heavy atom. The van der Waals surface area contributed by atoms with Crippen LogP contribution in [0.3, 0.4) is 0 Å². The molecule has 1 amide bonds. The normalized spacial score (nSPS) is 20.8. The van der Waals surface area contributed by atoms with E-state index in [2.05, 4.69) is 10.1 Å². The van der Waals surface area contributed by atoms with Crippen LogP contribution in [0.1, 0.15) is 24.0 Å². The first-order valence-corrected chi connectivity index (χ1v) is 7.55. The van der Waals surface area contributed by atoms with E-state index in [1.165, 1.54) is 23.1 Å². The molecule has 1 fully saturated rings. The molecule has 0 spiro atoms. The quantitative estimate of drug-likeness (QED) is 0.923. The van der Waals surface area contributed by atoms with Gasteiger partial charge in [-0.15, -0.1) is 0 Å². The van der Waals surface area contributed by atoms with E-state index in [1.807, 2.05) is 6.92 Å². The highest BCUT2D eigenvalue weighted by atomic mass is 19.1. The number of carbonyl (C=O) groups is 2. The number of hydrogen-bond donors (Lipinski definition) is 1. The van der Waals surface area contributed by atoms with Crippen LogP contribution < -0.4 is 0 Å². The van der Waals surface area contributed by atoms with Crippen molar-refractivity contribution in [1.82, 2.24) is 15.0 Å². The zero-order chi connectivity index (χ0) is 17.3. The lowest BCUT2D eigenvalue weighted by molar-refractivity contribution is -0.143. The largest absolute Gasteiger partial charge is 0.481 e. The Labute approximate surface area is 137 Å². The van der Waals surface area contributed by atoms with Crippen molar-refractivity contribution in [2.24, 2.45) is 11.8 Å². The molecule has 0 aliphatic carbocycles. The van der Waals surface area contributed by atoms with Gasteiger partial charge >= 0.3 is 5.97 Å². The lowest BCUT2D eigenvalue weighted by atomic mass is 9.90. The smallest absolute Gasteiger partial charge is 0.308 e. The molecule has 1 aliphatic heterocycles. The predicted molar refractivity (Wildman–Crippen MR) is 80.5 cm³/mol. The summed E-state index contributed by atoms with van der Waals surface area (Å²) in [6.07, 6.45) is 0.528. The van der Waals surface area contributed by atoms with Crippen molar-refractivity contribution in [3.05, 3.63) is 35.9 Å². The van der Waals surface area contributed by atoms with Gasteiger partial charge in [-0.2, -0.15) is 4.98 Å². The van der Waals surface area contributed by atoms with Gasteiger partial charge in [-0.1, -0.05) is 18.1 Å². The van der Waals surface area contributed by atoms with Crippen LogP contribution in [-0.2, 0) is 4.79 Å². The number of carboxylic acids is 1. The standard InChI is InChI=1S/C16H16FN3O4/c1-9-5-11(16(22)23)8-20(7-9)15(21)13-18-14(24-19-13)10-3-2-4-12(17)6-10/h2-4,6,9,11H,5,7-8H2,1H3,(H,22,23). The van der Waals surface area contributed by atoms with Crippen LogP contribution in [0.5, 0.6) is 0 Å². The molecule has 2 unspecified atom stereocenters. The Kier molecular flexibility index (Phi) is 4.28. The van der Waals surface area contributed by atoms with Gasteiger partial charge in [0.15, 0.2) is 0 Å². The number of rotatable bonds is 3. The van der Waals surface area contributed by atoms with E-state index < -0.39 is 23.6 Å². The molecule has 1 N–H and O–H groups in total. The first-order valence-electron chi connectivity index (χ1n) is 7.55. The van der Waals surface area contributed by atoms with E-state index in [0.29, 0.717) is 18.5 Å². The van der Waals surface area contributed by atoms with Gasteiger partial charge < -0.3 is 14.5 Å². The molecule has 1 aliphatic rings. The molecule has 0 bridgehead atoms. The second-order valence-corrected chi connectivity index (χ2v) is 6.02. The number of halogens is 1. The van der Waals surface area contributed by atoms with Crippen molar-refractivity contribution >= 4 is 11.9 Å². The average molecular weight is 333 g/mol. The summed E-state index contributed by atoms with van der Waals surface area (Å²) in [7, 11) is 0. The van der Waals surface area contributed by atoms with Gasteiger partial charge in [0.05, 0.1) is 5.92 Å². The Hall–Kier alpha value is -2.77. The van der Waals surface area contributed by atoms with Crippen molar-refractivity contribution in [2.45, 2.75) is 13.3 Å². The minimum absolute atomic E-state index is 0.0395. The highest BCUT2D eigenvalue weighted by Crippen LogP contribution is 2.24. The van der Waals surface area contributed by atoms with Gasteiger partial charge in [0.2, 0.25) is 0 Å². The summed E-state index contributed by atoms with van der Waals surface area (Å²) >= 11 is 0. The van der Waals surface area contributed by atoms with Crippen molar-refractivity contribution in [1.29, 1.82) is 0 Å². The van der Waals surface area contributed by atoms with E-state index in [-0.39, 0.29) is 24.2 Å². The Balaban J connectivity index is 1.79. The third kappa shape index (κ3) is 3.27. The lowest BCUT2D eigenvalue weighted by Crippen LogP contribution is -2.45. The molecule has 1 saturated heterocycles. The fourth-order valence-electron chi connectivity index (χ4n) is 2.89. The Morgan fingerprint density at radius 3 is 2.88 bits per heavy atom. The molecule has 2 heterocycles. The van der Waals surface area contributed by atoms with E-state index >= 15 is 0 Å². The van der Waals surface area contributed by atoms with Crippen LogP contribution in [0, 0.1) is 17.7 Å². The minimum Gasteiger partial charge on any atom is -0.481 e. The SMILES string of the molecule is CC1CC(C(=O)O)CN(C(=O)c2noc(-c3cccc(F)c3)n2)C1. The zero-order valence-corrected chi connectivity index (χ0v) is 13.0. The average Bonchev–Trinajstić information content (AvgIpc) is 3.03. The molecule has 1 aromatic heterocycles. The van der Waals surface area contributed by atoms with E-state index in [4.69, 9.17) is 4.52 Å². The van der Waals surface area contributed by atoms with Crippen LogP contribution in [0.25, 0.3) is 11.5 Å². The molecule has 7 nitrogen and oxygen atoms in total. The maximum Gasteiger partial charge on any atom is 0.308 e. The second-order valence-electron chi connectivity index (χ2n) is 6.02. The van der Waals surface area contributed by atoms with Gasteiger partial charge in [-0.25, -0.2) is 4.39 Å². The summed E-state index contributed by atoms with van der Waals surface area (Å²) in [5.74, 6) is -2.52. The third-order valence-corrected chi connectivity index (χ3v) is 3.99. The third-order valence-electron chi connectivity index (χ3n) is 3.99. The summed E-state index contributed by atoms with van der Waals surface area (Å²) in [5, 5.41) is 12.8. The molecule has 0 radical (unpaired) electrons. The van der Waals surface area contributed by atoms with Gasteiger partial charge in [0.25, 0.3) is 17.6 Å². The van der Waals surface area contributed by atoms with Gasteiger partial charge in [0.1, 0.15) is 5.82 Å². The molecule has 2 aromatic rings. The van der Waals surface area contributed by atoms with Crippen LogP contribution in [0.2, 0.25) is 0 Å². The molecule has 24 heavy (non-hydrogen) atoms. The van der Waals surface area contributed by atoms with Crippen LogP contribution in [0.4, 0.5) is 4.39 Å². The van der Waals surface area contributed by atoms with Crippen molar-refractivity contribution in [3.8, 4) is 11.5 Å². The van der Waals surface area contributed by atoms with Gasteiger partial charge in [-0.3, -0.25) is 9.59 Å². The van der Waals surface area contributed by atoms with Crippen LogP contribution in [0.15, 0.2) is 28.8 Å². The number of amides is 1. The van der Waals surface area contributed by atoms with Gasteiger partial charge in [-0.05, 0) is 30.5 Å².